The minimum Gasteiger partial charge on any atom is -0.389 e. The lowest BCUT2D eigenvalue weighted by Gasteiger charge is -2.11. The molecule has 94 valence electrons. The molecule has 6 heteroatoms. The largest absolute Gasteiger partial charge is 0.389 e. The van der Waals surface area contributed by atoms with E-state index in [1.165, 1.54) is 0 Å². The molecule has 0 saturated carbocycles. The van der Waals surface area contributed by atoms with E-state index >= 15 is 0 Å². The van der Waals surface area contributed by atoms with Gasteiger partial charge < -0.3 is 11.1 Å². The number of rotatable bonds is 5. The Bertz CT molecular complexity index is 539. The highest BCUT2D eigenvalue weighted by Crippen LogP contribution is 2.20. The summed E-state index contributed by atoms with van der Waals surface area (Å²) in [6.07, 6.45) is 3.69. The summed E-state index contributed by atoms with van der Waals surface area (Å²) in [7, 11) is 0. The Kier molecular flexibility index (Phi) is 4.33. The summed E-state index contributed by atoms with van der Waals surface area (Å²) < 4.78 is 2.83. The SMILES string of the molecule is NC(=S)c1cc(Br)ccc1NCCn1cccn1. The van der Waals surface area contributed by atoms with Crippen molar-refractivity contribution in [3.05, 3.63) is 46.7 Å². The van der Waals surface area contributed by atoms with Gasteiger partial charge in [-0.25, -0.2) is 0 Å². The van der Waals surface area contributed by atoms with Crippen molar-refractivity contribution in [3.63, 3.8) is 0 Å². The van der Waals surface area contributed by atoms with Crippen molar-refractivity contribution in [1.82, 2.24) is 9.78 Å². The number of aromatic nitrogens is 2. The van der Waals surface area contributed by atoms with Gasteiger partial charge in [-0.05, 0) is 24.3 Å². The quantitative estimate of drug-likeness (QED) is 0.829. The van der Waals surface area contributed by atoms with E-state index in [4.69, 9.17) is 18.0 Å². The minimum absolute atomic E-state index is 0.387. The number of halogens is 1. The molecule has 2 aromatic rings. The molecule has 0 aliphatic heterocycles. The van der Waals surface area contributed by atoms with E-state index in [1.54, 1.807) is 6.20 Å². The fraction of sp³-hybridized carbons (Fsp3) is 0.167. The molecule has 0 amide bonds. The van der Waals surface area contributed by atoms with Gasteiger partial charge in [0.15, 0.2) is 0 Å². The Hall–Kier alpha value is -1.40. The molecule has 0 unspecified atom stereocenters. The zero-order valence-corrected chi connectivity index (χ0v) is 12.0. The summed E-state index contributed by atoms with van der Waals surface area (Å²) in [6.45, 7) is 1.55. The molecule has 1 aromatic heterocycles. The molecule has 4 nitrogen and oxygen atoms in total. The van der Waals surface area contributed by atoms with Crippen LogP contribution in [0.5, 0.6) is 0 Å². The number of hydrogen-bond acceptors (Lipinski definition) is 3. The third-order valence-corrected chi connectivity index (χ3v) is 3.18. The zero-order chi connectivity index (χ0) is 13.0. The number of hydrogen-bond donors (Lipinski definition) is 2. The van der Waals surface area contributed by atoms with Crippen LogP contribution in [0.2, 0.25) is 0 Å². The standard InChI is InChI=1S/C12H13BrN4S/c13-9-2-3-11(10(8-9)12(14)18)15-5-7-17-6-1-4-16-17/h1-4,6,8,15H,5,7H2,(H2,14,18). The number of nitrogens with two attached hydrogens (primary N) is 1. The highest BCUT2D eigenvalue weighted by Gasteiger charge is 2.05. The fourth-order valence-electron chi connectivity index (χ4n) is 1.61. The maximum absolute atomic E-state index is 5.70. The second-order valence-corrected chi connectivity index (χ2v) is 5.11. The third kappa shape index (κ3) is 3.30. The van der Waals surface area contributed by atoms with Crippen LogP contribution < -0.4 is 11.1 Å². The summed E-state index contributed by atoms with van der Waals surface area (Å²) in [5.74, 6) is 0. The Morgan fingerprint density at radius 1 is 1.50 bits per heavy atom. The van der Waals surface area contributed by atoms with E-state index < -0.39 is 0 Å². The summed E-state index contributed by atoms with van der Waals surface area (Å²) in [5.41, 5.74) is 7.49. The van der Waals surface area contributed by atoms with Crippen molar-refractivity contribution in [3.8, 4) is 0 Å². The van der Waals surface area contributed by atoms with Crippen LogP contribution in [0, 0.1) is 0 Å². The first-order valence-electron chi connectivity index (χ1n) is 5.47. The number of nitrogens with one attached hydrogen (secondary N) is 1. The first-order chi connectivity index (χ1) is 8.66. The normalized spacial score (nSPS) is 10.3. The maximum atomic E-state index is 5.70. The van der Waals surface area contributed by atoms with E-state index in [9.17, 15) is 0 Å². The third-order valence-electron chi connectivity index (χ3n) is 2.46. The lowest BCUT2D eigenvalue weighted by atomic mass is 10.2. The van der Waals surface area contributed by atoms with Gasteiger partial charge in [0, 0.05) is 34.7 Å². The van der Waals surface area contributed by atoms with Gasteiger partial charge in [0.05, 0.1) is 6.54 Å². The van der Waals surface area contributed by atoms with Crippen LogP contribution in [0.25, 0.3) is 0 Å². The van der Waals surface area contributed by atoms with Gasteiger partial charge in [-0.15, -0.1) is 0 Å². The highest BCUT2D eigenvalue weighted by atomic mass is 79.9. The maximum Gasteiger partial charge on any atom is 0.106 e. The molecule has 1 heterocycles. The van der Waals surface area contributed by atoms with Crippen LogP contribution in [0.4, 0.5) is 5.69 Å². The van der Waals surface area contributed by atoms with Crippen molar-refractivity contribution in [1.29, 1.82) is 0 Å². The Morgan fingerprint density at radius 3 is 3.00 bits per heavy atom. The average Bonchev–Trinajstić information content (AvgIpc) is 2.84. The van der Waals surface area contributed by atoms with Crippen LogP contribution >= 0.6 is 28.1 Å². The summed E-state index contributed by atoms with van der Waals surface area (Å²) >= 11 is 8.45. The minimum atomic E-state index is 0.387. The Balaban J connectivity index is 2.02. The van der Waals surface area contributed by atoms with Gasteiger partial charge in [-0.1, -0.05) is 28.1 Å². The topological polar surface area (TPSA) is 55.9 Å². The molecule has 0 spiro atoms. The summed E-state index contributed by atoms with van der Waals surface area (Å²) in [5, 5.41) is 7.45. The first kappa shape index (κ1) is 13.0. The van der Waals surface area contributed by atoms with E-state index in [2.05, 4.69) is 26.3 Å². The molecule has 0 atom stereocenters. The van der Waals surface area contributed by atoms with E-state index in [0.717, 1.165) is 28.8 Å². The number of anilines is 1. The average molecular weight is 325 g/mol. The molecule has 1 aromatic carbocycles. The molecule has 3 N–H and O–H groups in total. The van der Waals surface area contributed by atoms with E-state index in [1.807, 2.05) is 35.1 Å². The van der Waals surface area contributed by atoms with E-state index in [0.29, 0.717) is 4.99 Å². The van der Waals surface area contributed by atoms with Crippen LogP contribution in [0.3, 0.4) is 0 Å². The molecule has 0 fully saturated rings. The summed E-state index contributed by atoms with van der Waals surface area (Å²) in [4.78, 5) is 0.387. The van der Waals surface area contributed by atoms with Crippen molar-refractivity contribution >= 4 is 38.8 Å². The molecule has 0 bridgehead atoms. The first-order valence-corrected chi connectivity index (χ1v) is 6.67. The highest BCUT2D eigenvalue weighted by molar-refractivity contribution is 9.10. The van der Waals surface area contributed by atoms with Crippen molar-refractivity contribution in [2.45, 2.75) is 6.54 Å². The molecular weight excluding hydrogens is 312 g/mol. The lowest BCUT2D eigenvalue weighted by molar-refractivity contribution is 0.638. The van der Waals surface area contributed by atoms with Crippen LogP contribution in [0.15, 0.2) is 41.1 Å². The summed E-state index contributed by atoms with van der Waals surface area (Å²) in [6, 6.07) is 7.73. The smallest absolute Gasteiger partial charge is 0.106 e. The molecule has 0 radical (unpaired) electrons. The van der Waals surface area contributed by atoms with Gasteiger partial charge in [-0.2, -0.15) is 5.10 Å². The van der Waals surface area contributed by atoms with Gasteiger partial charge in [0.2, 0.25) is 0 Å². The number of thiocarbonyl (C=S) groups is 1. The number of nitrogens with zero attached hydrogens (tertiary/aromatic N) is 2. The second-order valence-electron chi connectivity index (χ2n) is 3.75. The van der Waals surface area contributed by atoms with Gasteiger partial charge >= 0.3 is 0 Å². The predicted molar refractivity (Wildman–Crippen MR) is 80.7 cm³/mol. The molecular formula is C12H13BrN4S. The predicted octanol–water partition coefficient (Wildman–Crippen LogP) is 2.39. The molecule has 0 saturated heterocycles. The molecule has 0 aliphatic carbocycles. The van der Waals surface area contributed by atoms with Crippen molar-refractivity contribution in [2.24, 2.45) is 5.73 Å². The van der Waals surface area contributed by atoms with Crippen LogP contribution in [0.1, 0.15) is 5.56 Å². The lowest BCUT2D eigenvalue weighted by Crippen LogP contribution is -2.16. The van der Waals surface area contributed by atoms with Crippen LogP contribution in [-0.2, 0) is 6.54 Å². The van der Waals surface area contributed by atoms with Gasteiger partial charge in [0.25, 0.3) is 0 Å². The molecule has 2 rings (SSSR count). The zero-order valence-electron chi connectivity index (χ0n) is 9.64. The van der Waals surface area contributed by atoms with Crippen molar-refractivity contribution in [2.75, 3.05) is 11.9 Å². The number of benzene rings is 1. The van der Waals surface area contributed by atoms with E-state index in [-0.39, 0.29) is 0 Å². The second kappa shape index (κ2) is 5.97. The van der Waals surface area contributed by atoms with Gasteiger partial charge in [-0.3, -0.25) is 4.68 Å². The molecule has 18 heavy (non-hydrogen) atoms. The monoisotopic (exact) mass is 324 g/mol. The van der Waals surface area contributed by atoms with Gasteiger partial charge in [0.1, 0.15) is 4.99 Å². The van der Waals surface area contributed by atoms with Crippen LogP contribution in [-0.4, -0.2) is 21.3 Å². The Morgan fingerprint density at radius 2 is 2.33 bits per heavy atom. The Labute approximate surface area is 119 Å². The molecule has 0 aliphatic rings. The fourth-order valence-corrected chi connectivity index (χ4v) is 2.14. The van der Waals surface area contributed by atoms with Crippen molar-refractivity contribution < 1.29 is 0 Å².